The molecule has 2 N–H and O–H groups in total. The Bertz CT molecular complexity index is 723. The highest BCUT2D eigenvalue weighted by Gasteiger charge is 2.36. The van der Waals surface area contributed by atoms with Gasteiger partial charge < -0.3 is 10.4 Å². The van der Waals surface area contributed by atoms with Crippen LogP contribution < -0.4 is 5.32 Å². The molecule has 0 saturated heterocycles. The Morgan fingerprint density at radius 1 is 1.42 bits per heavy atom. The van der Waals surface area contributed by atoms with E-state index in [0.29, 0.717) is 6.07 Å². The fraction of sp³-hybridized carbons (Fsp3) is 0.286. The van der Waals surface area contributed by atoms with Crippen LogP contribution in [0.15, 0.2) is 29.6 Å². The van der Waals surface area contributed by atoms with Gasteiger partial charge in [-0.05, 0) is 23.9 Å². The number of alkyl halides is 3. The van der Waals surface area contributed by atoms with E-state index >= 15 is 0 Å². The molecule has 0 fully saturated rings. The number of hydrogen-bond donors (Lipinski definition) is 2. The summed E-state index contributed by atoms with van der Waals surface area (Å²) in [7, 11) is 0. The third-order valence-electron chi connectivity index (χ3n) is 3.22. The zero-order valence-corrected chi connectivity index (χ0v) is 13.6. The Labute approximate surface area is 143 Å². The van der Waals surface area contributed by atoms with E-state index in [4.69, 9.17) is 16.7 Å². The average molecular weight is 381 g/mol. The first-order chi connectivity index (χ1) is 11.2. The summed E-state index contributed by atoms with van der Waals surface area (Å²) >= 11 is 7.01. The molecule has 1 heterocycles. The Kier molecular flexibility index (Phi) is 5.68. The zero-order chi connectivity index (χ0) is 17.9. The van der Waals surface area contributed by atoms with Crippen LogP contribution in [0.25, 0.3) is 0 Å². The van der Waals surface area contributed by atoms with Crippen molar-refractivity contribution in [2.24, 2.45) is 0 Å². The number of hydrogen-bond acceptors (Lipinski definition) is 5. The van der Waals surface area contributed by atoms with Crippen molar-refractivity contribution in [2.45, 2.75) is 18.6 Å². The lowest BCUT2D eigenvalue weighted by Crippen LogP contribution is -2.14. The van der Waals surface area contributed by atoms with Crippen LogP contribution >= 0.6 is 22.9 Å². The fourth-order valence-corrected chi connectivity index (χ4v) is 3.22. The van der Waals surface area contributed by atoms with Crippen LogP contribution in [0.4, 0.5) is 24.5 Å². The molecule has 1 aromatic heterocycles. The molecule has 2 rings (SSSR count). The number of rotatable bonds is 6. The molecule has 24 heavy (non-hydrogen) atoms. The minimum absolute atomic E-state index is 0.134. The number of thiophene rings is 1. The van der Waals surface area contributed by atoms with Gasteiger partial charge in [-0.3, -0.25) is 10.1 Å². The third kappa shape index (κ3) is 4.16. The van der Waals surface area contributed by atoms with Crippen molar-refractivity contribution in [1.29, 1.82) is 0 Å². The first kappa shape index (κ1) is 18.5. The van der Waals surface area contributed by atoms with E-state index in [-0.39, 0.29) is 18.7 Å². The molecular weight excluding hydrogens is 369 g/mol. The summed E-state index contributed by atoms with van der Waals surface area (Å²) in [5.74, 6) is 0. The summed E-state index contributed by atoms with van der Waals surface area (Å²) in [5, 5.41) is 24.3. The molecule has 0 aliphatic rings. The van der Waals surface area contributed by atoms with Crippen LogP contribution in [-0.2, 0) is 6.18 Å². The van der Waals surface area contributed by atoms with Crippen molar-refractivity contribution in [1.82, 2.24) is 0 Å². The van der Waals surface area contributed by atoms with Crippen molar-refractivity contribution in [3.8, 4) is 0 Å². The Morgan fingerprint density at radius 3 is 2.62 bits per heavy atom. The van der Waals surface area contributed by atoms with E-state index in [1.807, 2.05) is 0 Å². The van der Waals surface area contributed by atoms with E-state index in [1.165, 1.54) is 11.3 Å². The maximum Gasteiger partial charge on any atom is 0.418 e. The largest absolute Gasteiger partial charge is 0.418 e. The lowest BCUT2D eigenvalue weighted by Gasteiger charge is -2.19. The van der Waals surface area contributed by atoms with Crippen LogP contribution in [0.1, 0.15) is 22.9 Å². The van der Waals surface area contributed by atoms with E-state index in [2.05, 4.69) is 5.32 Å². The molecule has 0 bridgehead atoms. The van der Waals surface area contributed by atoms with Gasteiger partial charge in [-0.1, -0.05) is 17.7 Å². The number of nitro groups is 1. The molecule has 0 aliphatic heterocycles. The van der Waals surface area contributed by atoms with Crippen molar-refractivity contribution < 1.29 is 23.2 Å². The van der Waals surface area contributed by atoms with Crippen molar-refractivity contribution >= 4 is 34.3 Å². The standard InChI is InChI=1S/C14H12ClF3N2O3S/c15-9-7-11(12(20(22)23)6-8(9)14(16,17)18)19-10(3-4-21)13-2-1-5-24-13/h1-2,5-7,10,19,21H,3-4H2. The molecule has 0 amide bonds. The van der Waals surface area contributed by atoms with Crippen molar-refractivity contribution in [3.63, 3.8) is 0 Å². The van der Waals surface area contributed by atoms with E-state index in [0.717, 1.165) is 10.9 Å². The monoisotopic (exact) mass is 380 g/mol. The minimum atomic E-state index is -4.79. The van der Waals surface area contributed by atoms with E-state index < -0.39 is 33.4 Å². The molecule has 5 nitrogen and oxygen atoms in total. The van der Waals surface area contributed by atoms with Crippen LogP contribution in [0.2, 0.25) is 5.02 Å². The number of nitro benzene ring substituents is 1. The number of anilines is 1. The maximum absolute atomic E-state index is 12.9. The first-order valence-corrected chi connectivity index (χ1v) is 7.95. The molecule has 1 aromatic carbocycles. The quantitative estimate of drug-likeness (QED) is 0.554. The molecular formula is C14H12ClF3N2O3S. The lowest BCUT2D eigenvalue weighted by molar-refractivity contribution is -0.384. The molecule has 10 heteroatoms. The second kappa shape index (κ2) is 7.37. The number of halogens is 4. The van der Waals surface area contributed by atoms with Gasteiger partial charge in [-0.15, -0.1) is 11.3 Å². The number of nitrogens with zero attached hydrogens (tertiary/aromatic N) is 1. The number of nitrogens with one attached hydrogen (secondary N) is 1. The topological polar surface area (TPSA) is 75.4 Å². The Balaban J connectivity index is 2.45. The summed E-state index contributed by atoms with van der Waals surface area (Å²) in [6.07, 6.45) is -4.56. The van der Waals surface area contributed by atoms with Gasteiger partial charge in [0, 0.05) is 17.6 Å². The second-order valence-corrected chi connectivity index (χ2v) is 6.22. The third-order valence-corrected chi connectivity index (χ3v) is 4.52. The Morgan fingerprint density at radius 2 is 2.12 bits per heavy atom. The maximum atomic E-state index is 12.9. The normalized spacial score (nSPS) is 12.9. The highest BCUT2D eigenvalue weighted by Crippen LogP contribution is 2.41. The Hall–Kier alpha value is -1.84. The van der Waals surface area contributed by atoms with Crippen LogP contribution in [0.3, 0.4) is 0 Å². The highest BCUT2D eigenvalue weighted by molar-refractivity contribution is 7.10. The predicted octanol–water partition coefficient (Wildman–Crippen LogP) is 4.86. The molecule has 0 aliphatic carbocycles. The predicted molar refractivity (Wildman–Crippen MR) is 85.5 cm³/mol. The van der Waals surface area contributed by atoms with Crippen molar-refractivity contribution in [3.05, 3.63) is 55.2 Å². The lowest BCUT2D eigenvalue weighted by atomic mass is 10.1. The summed E-state index contributed by atoms with van der Waals surface area (Å²) < 4.78 is 38.6. The van der Waals surface area contributed by atoms with E-state index in [9.17, 15) is 23.3 Å². The zero-order valence-electron chi connectivity index (χ0n) is 12.0. The van der Waals surface area contributed by atoms with Crippen LogP contribution in [0.5, 0.6) is 0 Å². The summed E-state index contributed by atoms with van der Waals surface area (Å²) in [6.45, 7) is -0.197. The van der Waals surface area contributed by atoms with Gasteiger partial charge in [0.05, 0.1) is 21.6 Å². The molecule has 0 spiro atoms. The number of benzene rings is 1. The molecule has 2 aromatic rings. The van der Waals surface area contributed by atoms with Gasteiger partial charge in [0.15, 0.2) is 0 Å². The van der Waals surface area contributed by atoms with Gasteiger partial charge >= 0.3 is 6.18 Å². The summed E-state index contributed by atoms with van der Waals surface area (Å²) in [6, 6.07) is 4.34. The fourth-order valence-electron chi connectivity index (χ4n) is 2.14. The molecule has 0 radical (unpaired) electrons. The second-order valence-electron chi connectivity index (χ2n) is 4.83. The summed E-state index contributed by atoms with van der Waals surface area (Å²) in [5.41, 5.74) is -2.13. The van der Waals surface area contributed by atoms with Gasteiger partial charge in [0.1, 0.15) is 5.69 Å². The van der Waals surface area contributed by atoms with Crippen LogP contribution in [0, 0.1) is 10.1 Å². The average Bonchev–Trinajstić information content (AvgIpc) is 2.99. The van der Waals surface area contributed by atoms with E-state index in [1.54, 1.807) is 17.5 Å². The van der Waals surface area contributed by atoms with Gasteiger partial charge in [0.25, 0.3) is 5.69 Å². The smallest absolute Gasteiger partial charge is 0.396 e. The molecule has 130 valence electrons. The number of aliphatic hydroxyl groups is 1. The number of aliphatic hydroxyl groups excluding tert-OH is 1. The highest BCUT2D eigenvalue weighted by atomic mass is 35.5. The van der Waals surface area contributed by atoms with Gasteiger partial charge in [0.2, 0.25) is 0 Å². The minimum Gasteiger partial charge on any atom is -0.396 e. The van der Waals surface area contributed by atoms with Crippen LogP contribution in [-0.4, -0.2) is 16.6 Å². The van der Waals surface area contributed by atoms with Gasteiger partial charge in [-0.25, -0.2) is 0 Å². The van der Waals surface area contributed by atoms with Gasteiger partial charge in [-0.2, -0.15) is 13.2 Å². The molecule has 0 saturated carbocycles. The SMILES string of the molecule is O=[N+]([O-])c1cc(C(F)(F)F)c(Cl)cc1NC(CCO)c1cccs1. The molecule has 1 unspecified atom stereocenters. The summed E-state index contributed by atoms with van der Waals surface area (Å²) in [4.78, 5) is 11.0. The van der Waals surface area contributed by atoms with Crippen molar-refractivity contribution in [2.75, 3.05) is 11.9 Å². The molecule has 1 atom stereocenters. The first-order valence-electron chi connectivity index (χ1n) is 6.70.